The zero-order chi connectivity index (χ0) is 13.0. The van der Waals surface area contributed by atoms with Gasteiger partial charge >= 0.3 is 0 Å². The van der Waals surface area contributed by atoms with Gasteiger partial charge in [-0.05, 0) is 49.4 Å². The Bertz CT molecular complexity index is 397. The van der Waals surface area contributed by atoms with E-state index in [1.165, 1.54) is 25.0 Å². The molecule has 18 heavy (non-hydrogen) atoms. The average molecular weight is 290 g/mol. The van der Waals surface area contributed by atoms with Gasteiger partial charge in [0, 0.05) is 16.9 Å². The molecule has 100 valence electrons. The summed E-state index contributed by atoms with van der Waals surface area (Å²) in [5.41, 5.74) is 0.941. The summed E-state index contributed by atoms with van der Waals surface area (Å²) in [7, 11) is 0. The number of nitrogens with one attached hydrogen (secondary N) is 1. The van der Waals surface area contributed by atoms with Gasteiger partial charge in [0.25, 0.3) is 0 Å². The molecule has 2 rings (SSSR count). The molecule has 1 aliphatic carbocycles. The molecule has 0 bridgehead atoms. The lowest BCUT2D eigenvalue weighted by Gasteiger charge is -2.25. The maximum Gasteiger partial charge on any atom is 0.124 e. The summed E-state index contributed by atoms with van der Waals surface area (Å²) >= 11 is 12.1. The van der Waals surface area contributed by atoms with Crippen LogP contribution in [0.15, 0.2) is 18.2 Å². The highest BCUT2D eigenvalue weighted by Gasteiger charge is 2.19. The number of benzene rings is 1. The van der Waals surface area contributed by atoms with Crippen molar-refractivity contribution in [3.8, 4) is 0 Å². The minimum Gasteiger partial charge on any atom is -0.312 e. The van der Waals surface area contributed by atoms with Crippen LogP contribution in [0.3, 0.4) is 0 Å². The minimum absolute atomic E-state index is 0.291. The van der Waals surface area contributed by atoms with E-state index in [1.54, 1.807) is 6.07 Å². The van der Waals surface area contributed by atoms with Crippen LogP contribution in [0.25, 0.3) is 0 Å². The van der Waals surface area contributed by atoms with Gasteiger partial charge in [-0.1, -0.05) is 24.1 Å². The number of hydrogen-bond acceptors (Lipinski definition) is 1. The minimum atomic E-state index is -0.291. The van der Waals surface area contributed by atoms with Gasteiger partial charge in [-0.25, -0.2) is 4.39 Å². The Morgan fingerprint density at radius 1 is 1.33 bits per heavy atom. The maximum atomic E-state index is 12.9. The van der Waals surface area contributed by atoms with Crippen LogP contribution >= 0.6 is 23.2 Å². The van der Waals surface area contributed by atoms with Crippen molar-refractivity contribution in [2.24, 2.45) is 5.92 Å². The number of hydrogen-bond donors (Lipinski definition) is 1. The monoisotopic (exact) mass is 289 g/mol. The first-order chi connectivity index (χ1) is 8.65. The molecule has 1 aliphatic rings. The fourth-order valence-corrected chi connectivity index (χ4v) is 3.13. The van der Waals surface area contributed by atoms with E-state index in [0.29, 0.717) is 22.9 Å². The van der Waals surface area contributed by atoms with Gasteiger partial charge in [-0.15, -0.1) is 11.6 Å². The second-order valence-corrected chi connectivity index (χ2v) is 6.02. The fraction of sp³-hybridized carbons (Fsp3) is 0.571. The van der Waals surface area contributed by atoms with Crippen molar-refractivity contribution in [2.45, 2.75) is 37.6 Å². The van der Waals surface area contributed by atoms with E-state index in [2.05, 4.69) is 5.32 Å². The molecule has 2 atom stereocenters. The van der Waals surface area contributed by atoms with Crippen molar-refractivity contribution >= 4 is 23.2 Å². The SMILES string of the molecule is Fc1ccc(CNCC2CCCC(Cl)C2)c(Cl)c1. The summed E-state index contributed by atoms with van der Waals surface area (Å²) in [6.45, 7) is 1.64. The summed E-state index contributed by atoms with van der Waals surface area (Å²) in [5.74, 6) is 0.362. The quantitative estimate of drug-likeness (QED) is 0.812. The van der Waals surface area contributed by atoms with E-state index in [4.69, 9.17) is 23.2 Å². The smallest absolute Gasteiger partial charge is 0.124 e. The molecule has 4 heteroatoms. The van der Waals surface area contributed by atoms with Crippen LogP contribution in [0.5, 0.6) is 0 Å². The molecular formula is C14H18Cl2FN. The first-order valence-corrected chi connectivity index (χ1v) is 7.25. The van der Waals surface area contributed by atoms with E-state index < -0.39 is 0 Å². The molecule has 0 amide bonds. The Kier molecular flexibility index (Phi) is 5.28. The van der Waals surface area contributed by atoms with Crippen LogP contribution in [0.1, 0.15) is 31.2 Å². The van der Waals surface area contributed by atoms with Crippen LogP contribution in [0.2, 0.25) is 5.02 Å². The van der Waals surface area contributed by atoms with Gasteiger partial charge in [0.05, 0.1) is 0 Å². The number of halogens is 3. The molecule has 1 aromatic rings. The Hall–Kier alpha value is -0.310. The Morgan fingerprint density at radius 2 is 2.17 bits per heavy atom. The highest BCUT2D eigenvalue weighted by atomic mass is 35.5. The lowest BCUT2D eigenvalue weighted by atomic mass is 9.89. The molecule has 1 fully saturated rings. The van der Waals surface area contributed by atoms with Crippen LogP contribution < -0.4 is 5.32 Å². The summed E-state index contributed by atoms with van der Waals surface area (Å²) in [6, 6.07) is 4.53. The van der Waals surface area contributed by atoms with E-state index >= 15 is 0 Å². The topological polar surface area (TPSA) is 12.0 Å². The highest BCUT2D eigenvalue weighted by Crippen LogP contribution is 2.27. The Balaban J connectivity index is 1.77. The van der Waals surface area contributed by atoms with Gasteiger partial charge in [0.2, 0.25) is 0 Å². The van der Waals surface area contributed by atoms with E-state index in [1.807, 2.05) is 0 Å². The molecule has 1 nitrogen and oxygen atoms in total. The van der Waals surface area contributed by atoms with Crippen molar-refractivity contribution in [1.82, 2.24) is 5.32 Å². The molecule has 1 N–H and O–H groups in total. The summed E-state index contributed by atoms with van der Waals surface area (Å²) in [5, 5.41) is 4.21. The Labute approximate surface area is 118 Å². The molecule has 0 heterocycles. The van der Waals surface area contributed by atoms with Gasteiger partial charge in [0.15, 0.2) is 0 Å². The molecule has 0 saturated heterocycles. The average Bonchev–Trinajstić information content (AvgIpc) is 2.32. The third-order valence-electron chi connectivity index (χ3n) is 3.48. The van der Waals surface area contributed by atoms with Gasteiger partial charge in [-0.2, -0.15) is 0 Å². The number of rotatable bonds is 4. The van der Waals surface area contributed by atoms with Crippen LogP contribution in [-0.2, 0) is 6.54 Å². The second-order valence-electron chi connectivity index (χ2n) is 5.00. The van der Waals surface area contributed by atoms with Crippen molar-refractivity contribution in [2.75, 3.05) is 6.54 Å². The molecule has 0 aromatic heterocycles. The molecule has 0 radical (unpaired) electrons. The maximum absolute atomic E-state index is 12.9. The first-order valence-electron chi connectivity index (χ1n) is 6.44. The second kappa shape index (κ2) is 6.74. The van der Waals surface area contributed by atoms with Crippen LogP contribution in [0, 0.1) is 11.7 Å². The summed E-state index contributed by atoms with van der Waals surface area (Å²) in [6.07, 6.45) is 4.69. The lowest BCUT2D eigenvalue weighted by Crippen LogP contribution is -2.27. The zero-order valence-corrected chi connectivity index (χ0v) is 11.8. The zero-order valence-electron chi connectivity index (χ0n) is 10.3. The van der Waals surface area contributed by atoms with E-state index in [-0.39, 0.29) is 5.82 Å². The summed E-state index contributed by atoms with van der Waals surface area (Å²) in [4.78, 5) is 0. The largest absolute Gasteiger partial charge is 0.312 e. The standard InChI is InChI=1S/C14H18Cl2FN/c15-12-3-1-2-10(6-12)8-18-9-11-4-5-13(17)7-14(11)16/h4-5,7,10,12,18H,1-3,6,8-9H2. The molecule has 2 unspecified atom stereocenters. The van der Waals surface area contributed by atoms with Crippen molar-refractivity contribution < 1.29 is 4.39 Å². The van der Waals surface area contributed by atoms with Crippen molar-refractivity contribution in [3.63, 3.8) is 0 Å². The normalized spacial score (nSPS) is 24.2. The Morgan fingerprint density at radius 3 is 2.89 bits per heavy atom. The summed E-state index contributed by atoms with van der Waals surface area (Å²) < 4.78 is 12.9. The van der Waals surface area contributed by atoms with Crippen LogP contribution in [0.4, 0.5) is 4.39 Å². The van der Waals surface area contributed by atoms with Gasteiger partial charge in [0.1, 0.15) is 5.82 Å². The predicted molar refractivity (Wildman–Crippen MR) is 74.7 cm³/mol. The lowest BCUT2D eigenvalue weighted by molar-refractivity contribution is 0.346. The van der Waals surface area contributed by atoms with Crippen molar-refractivity contribution in [1.29, 1.82) is 0 Å². The third-order valence-corrected chi connectivity index (χ3v) is 4.23. The highest BCUT2D eigenvalue weighted by molar-refractivity contribution is 6.31. The number of alkyl halides is 1. The molecule has 1 aromatic carbocycles. The van der Waals surface area contributed by atoms with Gasteiger partial charge < -0.3 is 5.32 Å². The van der Waals surface area contributed by atoms with Crippen LogP contribution in [-0.4, -0.2) is 11.9 Å². The van der Waals surface area contributed by atoms with Crippen molar-refractivity contribution in [3.05, 3.63) is 34.6 Å². The van der Waals surface area contributed by atoms with E-state index in [0.717, 1.165) is 24.9 Å². The predicted octanol–water partition coefficient (Wildman–Crippen LogP) is 4.37. The fourth-order valence-electron chi connectivity index (χ4n) is 2.49. The van der Waals surface area contributed by atoms with Gasteiger partial charge in [-0.3, -0.25) is 0 Å². The third kappa shape index (κ3) is 4.11. The molecular weight excluding hydrogens is 272 g/mol. The molecule has 1 saturated carbocycles. The first kappa shape index (κ1) is 14.1. The molecule has 0 aliphatic heterocycles. The van der Waals surface area contributed by atoms with E-state index in [9.17, 15) is 4.39 Å². The molecule has 0 spiro atoms.